The molecule has 102 valence electrons. The Hall–Kier alpha value is -0.820. The molecule has 17 heavy (non-hydrogen) atoms. The number of methoxy groups -OCH3 is 1. The van der Waals surface area contributed by atoms with E-state index in [4.69, 9.17) is 4.74 Å². The minimum atomic E-state index is -2.93. The fraction of sp³-hybridized carbons (Fsp3) is 0.900. The third-order valence-corrected chi connectivity index (χ3v) is 2.83. The summed E-state index contributed by atoms with van der Waals surface area (Å²) in [5.74, 6) is 0.752. The summed E-state index contributed by atoms with van der Waals surface area (Å²) in [5, 5.41) is 6.02. The van der Waals surface area contributed by atoms with Crippen molar-refractivity contribution < 1.29 is 13.2 Å². The lowest BCUT2D eigenvalue weighted by molar-refractivity contribution is 0.197. The molecule has 0 aliphatic carbocycles. The molecular weight excluding hydrogens is 242 g/mol. The third-order valence-electron chi connectivity index (χ3n) is 1.89. The Morgan fingerprint density at radius 3 is 2.59 bits per heavy atom. The highest BCUT2D eigenvalue weighted by Crippen LogP contribution is 1.84. The van der Waals surface area contributed by atoms with Gasteiger partial charge in [-0.3, -0.25) is 4.99 Å². The first-order valence-electron chi connectivity index (χ1n) is 5.68. The summed E-state index contributed by atoms with van der Waals surface area (Å²) in [5.41, 5.74) is 0. The Morgan fingerprint density at radius 1 is 1.35 bits per heavy atom. The van der Waals surface area contributed by atoms with E-state index in [2.05, 4.69) is 15.6 Å². The zero-order valence-electron chi connectivity index (χ0n) is 10.8. The molecule has 0 spiro atoms. The van der Waals surface area contributed by atoms with Crippen LogP contribution in [0.1, 0.15) is 13.3 Å². The van der Waals surface area contributed by atoms with Crippen LogP contribution >= 0.6 is 0 Å². The van der Waals surface area contributed by atoms with Gasteiger partial charge in [0.25, 0.3) is 0 Å². The average molecular weight is 265 g/mol. The SMILES string of the molecule is CCNC(=NCCCOC)NCCS(C)(=O)=O. The molecule has 2 N–H and O–H groups in total. The van der Waals surface area contributed by atoms with Crippen LogP contribution in [0.3, 0.4) is 0 Å². The highest BCUT2D eigenvalue weighted by molar-refractivity contribution is 7.90. The molecule has 0 rings (SSSR count). The molecule has 6 nitrogen and oxygen atoms in total. The lowest BCUT2D eigenvalue weighted by Gasteiger charge is -2.10. The number of sulfone groups is 1. The van der Waals surface area contributed by atoms with E-state index in [0.717, 1.165) is 13.0 Å². The molecule has 0 atom stereocenters. The van der Waals surface area contributed by atoms with Crippen molar-refractivity contribution in [1.82, 2.24) is 10.6 Å². The largest absolute Gasteiger partial charge is 0.385 e. The number of hydrogen-bond acceptors (Lipinski definition) is 4. The first kappa shape index (κ1) is 16.2. The maximum Gasteiger partial charge on any atom is 0.191 e. The van der Waals surface area contributed by atoms with E-state index >= 15 is 0 Å². The second-order valence-electron chi connectivity index (χ2n) is 3.66. The summed E-state index contributed by atoms with van der Waals surface area (Å²) in [7, 11) is -1.28. The Morgan fingerprint density at radius 2 is 2.06 bits per heavy atom. The van der Waals surface area contributed by atoms with Crippen molar-refractivity contribution in [3.05, 3.63) is 0 Å². The molecule has 0 heterocycles. The van der Waals surface area contributed by atoms with E-state index in [0.29, 0.717) is 25.7 Å². The molecule has 0 aromatic rings. The van der Waals surface area contributed by atoms with Crippen LogP contribution < -0.4 is 10.6 Å². The lowest BCUT2D eigenvalue weighted by atomic mass is 10.5. The normalized spacial score (nSPS) is 12.5. The number of rotatable bonds is 8. The summed E-state index contributed by atoms with van der Waals surface area (Å²) in [6, 6.07) is 0. The number of nitrogens with zero attached hydrogens (tertiary/aromatic N) is 1. The average Bonchev–Trinajstić information content (AvgIpc) is 2.22. The monoisotopic (exact) mass is 265 g/mol. The second-order valence-corrected chi connectivity index (χ2v) is 5.92. The van der Waals surface area contributed by atoms with Gasteiger partial charge in [0, 0.05) is 39.6 Å². The van der Waals surface area contributed by atoms with Gasteiger partial charge in [0.1, 0.15) is 9.84 Å². The van der Waals surface area contributed by atoms with Crippen LogP contribution in [0.5, 0.6) is 0 Å². The van der Waals surface area contributed by atoms with Gasteiger partial charge in [-0.1, -0.05) is 0 Å². The molecule has 0 radical (unpaired) electrons. The molecule has 7 heteroatoms. The number of guanidine groups is 1. The summed E-state index contributed by atoms with van der Waals surface area (Å²) in [4.78, 5) is 4.29. The fourth-order valence-corrected chi connectivity index (χ4v) is 1.57. The number of hydrogen-bond donors (Lipinski definition) is 2. The Balaban J connectivity index is 3.96. The van der Waals surface area contributed by atoms with Gasteiger partial charge in [0.15, 0.2) is 5.96 Å². The van der Waals surface area contributed by atoms with Crippen molar-refractivity contribution in [3.8, 4) is 0 Å². The lowest BCUT2D eigenvalue weighted by Crippen LogP contribution is -2.39. The first-order chi connectivity index (χ1) is 7.99. The Bertz CT molecular complexity index is 315. The fourth-order valence-electron chi connectivity index (χ4n) is 1.10. The number of nitrogens with one attached hydrogen (secondary N) is 2. The molecule has 0 unspecified atom stereocenters. The van der Waals surface area contributed by atoms with Gasteiger partial charge in [-0.05, 0) is 13.3 Å². The molecule has 0 amide bonds. The van der Waals surface area contributed by atoms with E-state index < -0.39 is 9.84 Å². The highest BCUT2D eigenvalue weighted by atomic mass is 32.2. The van der Waals surface area contributed by atoms with Crippen LogP contribution in [0.15, 0.2) is 4.99 Å². The molecule has 0 fully saturated rings. The molecule has 0 bridgehead atoms. The molecule has 0 aromatic carbocycles. The van der Waals surface area contributed by atoms with E-state index in [1.807, 2.05) is 6.92 Å². The van der Waals surface area contributed by atoms with Gasteiger partial charge in [-0.2, -0.15) is 0 Å². The summed E-state index contributed by atoms with van der Waals surface area (Å²) < 4.78 is 26.8. The first-order valence-corrected chi connectivity index (χ1v) is 7.74. The van der Waals surface area contributed by atoms with Crippen LogP contribution in [0.2, 0.25) is 0 Å². The minimum Gasteiger partial charge on any atom is -0.385 e. The number of ether oxygens (including phenoxy) is 1. The standard InChI is InChI=1S/C10H23N3O3S/c1-4-11-10(12-6-5-8-16-2)13-7-9-17(3,14)15/h4-9H2,1-3H3,(H2,11,12,13). The van der Waals surface area contributed by atoms with Gasteiger partial charge in [0.05, 0.1) is 5.75 Å². The van der Waals surface area contributed by atoms with Gasteiger partial charge < -0.3 is 15.4 Å². The van der Waals surface area contributed by atoms with Crippen molar-refractivity contribution >= 4 is 15.8 Å². The summed E-state index contributed by atoms with van der Waals surface area (Å²) >= 11 is 0. The predicted molar refractivity (Wildman–Crippen MR) is 70.2 cm³/mol. The quantitative estimate of drug-likeness (QED) is 0.355. The van der Waals surface area contributed by atoms with Crippen molar-refractivity contribution in [3.63, 3.8) is 0 Å². The Labute approximate surface area is 104 Å². The topological polar surface area (TPSA) is 79.8 Å². The zero-order valence-corrected chi connectivity index (χ0v) is 11.6. The van der Waals surface area contributed by atoms with E-state index in [1.165, 1.54) is 6.26 Å². The third kappa shape index (κ3) is 11.4. The van der Waals surface area contributed by atoms with Crippen LogP contribution in [-0.4, -0.2) is 59.7 Å². The van der Waals surface area contributed by atoms with Crippen LogP contribution in [-0.2, 0) is 14.6 Å². The van der Waals surface area contributed by atoms with E-state index in [-0.39, 0.29) is 5.75 Å². The molecule has 0 saturated heterocycles. The van der Waals surface area contributed by atoms with Crippen molar-refractivity contribution in [1.29, 1.82) is 0 Å². The smallest absolute Gasteiger partial charge is 0.191 e. The van der Waals surface area contributed by atoms with Gasteiger partial charge >= 0.3 is 0 Å². The van der Waals surface area contributed by atoms with Gasteiger partial charge in [0.2, 0.25) is 0 Å². The summed E-state index contributed by atoms with van der Waals surface area (Å²) in [6.07, 6.45) is 2.07. The second kappa shape index (κ2) is 9.23. The minimum absolute atomic E-state index is 0.107. The van der Waals surface area contributed by atoms with Crippen molar-refractivity contribution in [2.24, 2.45) is 4.99 Å². The molecule has 0 aliphatic heterocycles. The predicted octanol–water partition coefficient (Wildman–Crippen LogP) is -0.377. The van der Waals surface area contributed by atoms with Gasteiger partial charge in [-0.25, -0.2) is 8.42 Å². The molecular formula is C10H23N3O3S. The van der Waals surface area contributed by atoms with Crippen LogP contribution in [0, 0.1) is 0 Å². The highest BCUT2D eigenvalue weighted by Gasteiger charge is 2.02. The maximum atomic E-state index is 11.0. The van der Waals surface area contributed by atoms with Gasteiger partial charge in [-0.15, -0.1) is 0 Å². The molecule has 0 aromatic heterocycles. The maximum absolute atomic E-state index is 11.0. The zero-order chi connectivity index (χ0) is 13.1. The summed E-state index contributed by atoms with van der Waals surface area (Å²) in [6.45, 7) is 4.40. The van der Waals surface area contributed by atoms with E-state index in [9.17, 15) is 8.42 Å². The van der Waals surface area contributed by atoms with Crippen molar-refractivity contribution in [2.45, 2.75) is 13.3 Å². The van der Waals surface area contributed by atoms with E-state index in [1.54, 1.807) is 7.11 Å². The number of aliphatic imine (C=N–C) groups is 1. The molecule has 0 saturated carbocycles. The Kier molecular flexibility index (Phi) is 8.79. The molecule has 0 aliphatic rings. The van der Waals surface area contributed by atoms with Crippen LogP contribution in [0.25, 0.3) is 0 Å². The van der Waals surface area contributed by atoms with Crippen molar-refractivity contribution in [2.75, 3.05) is 45.4 Å². The van der Waals surface area contributed by atoms with Crippen LogP contribution in [0.4, 0.5) is 0 Å².